The van der Waals surface area contributed by atoms with Gasteiger partial charge in [-0.3, -0.25) is 4.79 Å². The van der Waals surface area contributed by atoms with Gasteiger partial charge in [0.15, 0.2) is 13.3 Å². The number of hydrogen-bond donors (Lipinski definition) is 1. The largest absolute Gasteiger partial charge is 0.467 e. The number of benzene rings is 2. The monoisotopic (exact) mass is 449 g/mol. The Kier molecular flexibility index (Phi) is 5.46. The topological polar surface area (TPSA) is 95.7 Å². The molecule has 0 aliphatic carbocycles. The molecule has 160 valence electrons. The van der Waals surface area contributed by atoms with Crippen LogP contribution < -0.4 is 5.73 Å². The molecule has 1 heterocycles. The number of ether oxygens (including phenoxy) is 1. The number of nitrogens with two attached hydrogens (primary N) is 1. The fourth-order valence-electron chi connectivity index (χ4n) is 3.24. The highest BCUT2D eigenvalue weighted by Crippen LogP contribution is 2.43. The van der Waals surface area contributed by atoms with E-state index < -0.39 is 54.9 Å². The Balaban J connectivity index is 2.00. The molecule has 2 aromatic carbocycles. The zero-order chi connectivity index (χ0) is 23.2. The molecule has 0 saturated carbocycles. The van der Waals surface area contributed by atoms with E-state index in [9.17, 15) is 26.4 Å². The van der Waals surface area contributed by atoms with Crippen LogP contribution >= 0.6 is 0 Å². The van der Waals surface area contributed by atoms with Gasteiger partial charge in [-0.25, -0.2) is 0 Å². The van der Waals surface area contributed by atoms with Crippen LogP contribution in [-0.2, 0) is 40.1 Å². The van der Waals surface area contributed by atoms with Crippen molar-refractivity contribution in [2.75, 3.05) is 0 Å². The highest BCUT2D eigenvalue weighted by atomic mass is 32.2. The molecular formula is C18H17B3F3NO5S. The Hall–Kier alpha value is -2.82. The summed E-state index contributed by atoms with van der Waals surface area (Å²) in [5.41, 5.74) is 2.26. The lowest BCUT2D eigenvalue weighted by atomic mass is 9.65. The molecular weight excluding hydrogens is 432 g/mol. The van der Waals surface area contributed by atoms with Crippen molar-refractivity contribution in [1.82, 2.24) is 0 Å². The molecule has 2 N–H and O–H groups in total. The lowest BCUT2D eigenvalue weighted by molar-refractivity contribution is -0.140. The predicted octanol–water partition coefficient (Wildman–Crippen LogP) is -0.359. The summed E-state index contributed by atoms with van der Waals surface area (Å²) in [7, 11) is -0.677. The Labute approximate surface area is 179 Å². The summed E-state index contributed by atoms with van der Waals surface area (Å²) < 4.78 is 75.1. The van der Waals surface area contributed by atoms with E-state index in [-0.39, 0.29) is 0 Å². The van der Waals surface area contributed by atoms with Gasteiger partial charge in [-0.15, -0.1) is 0 Å². The second-order valence-corrected chi connectivity index (χ2v) is 9.71. The number of ketones is 1. The lowest BCUT2D eigenvalue weighted by Crippen LogP contribution is -2.41. The first kappa shape index (κ1) is 22.9. The molecule has 0 saturated heterocycles. The molecule has 0 bridgehead atoms. The van der Waals surface area contributed by atoms with Gasteiger partial charge in [-0.2, -0.15) is 21.6 Å². The van der Waals surface area contributed by atoms with Crippen molar-refractivity contribution in [3.63, 3.8) is 0 Å². The number of Topliss-reactive ketones (excluding diaryl/α,β-unsaturated/α-hetero) is 1. The normalized spacial score (nSPS) is 19.9. The molecule has 13 heteroatoms. The SMILES string of the molecule is BC1(c2ccccc2C(F)(F)F)OC(N)=C(OS(=O)(=O)C(B)(B)c2ccccc2)C1=O. The van der Waals surface area contributed by atoms with E-state index in [4.69, 9.17) is 14.7 Å². The van der Waals surface area contributed by atoms with E-state index >= 15 is 0 Å². The van der Waals surface area contributed by atoms with Gasteiger partial charge >= 0.3 is 16.3 Å². The summed E-state index contributed by atoms with van der Waals surface area (Å²) >= 11 is 0. The fraction of sp³-hybridized carbons (Fsp3) is 0.167. The second-order valence-electron chi connectivity index (χ2n) is 7.61. The average molecular weight is 449 g/mol. The maximum Gasteiger partial charge on any atom is 0.416 e. The van der Waals surface area contributed by atoms with E-state index in [1.54, 1.807) is 30.3 Å². The molecule has 0 amide bonds. The van der Waals surface area contributed by atoms with E-state index in [0.717, 1.165) is 26.0 Å². The van der Waals surface area contributed by atoms with Crippen molar-refractivity contribution in [3.05, 3.63) is 82.9 Å². The molecule has 3 rings (SSSR count). The first-order valence-electron chi connectivity index (χ1n) is 9.11. The summed E-state index contributed by atoms with van der Waals surface area (Å²) in [6.07, 6.45) is -4.77. The molecule has 0 spiro atoms. The molecule has 1 aliphatic rings. The quantitative estimate of drug-likeness (QED) is 0.496. The maximum absolute atomic E-state index is 13.5. The molecule has 1 atom stereocenters. The Morgan fingerprint density at radius 3 is 2.13 bits per heavy atom. The molecule has 31 heavy (non-hydrogen) atoms. The smallest absolute Gasteiger partial charge is 0.416 e. The van der Waals surface area contributed by atoms with Gasteiger partial charge in [0.1, 0.15) is 15.7 Å². The van der Waals surface area contributed by atoms with Crippen molar-refractivity contribution in [2.24, 2.45) is 5.73 Å². The van der Waals surface area contributed by atoms with E-state index in [1.165, 1.54) is 21.8 Å². The van der Waals surface area contributed by atoms with Gasteiger partial charge in [0.25, 0.3) is 0 Å². The highest BCUT2D eigenvalue weighted by molar-refractivity contribution is 7.90. The zero-order valence-electron chi connectivity index (χ0n) is 16.9. The van der Waals surface area contributed by atoms with Crippen LogP contribution in [0.15, 0.2) is 66.2 Å². The summed E-state index contributed by atoms with van der Waals surface area (Å²) in [6.45, 7) is 0. The van der Waals surface area contributed by atoms with Crippen LogP contribution in [0.25, 0.3) is 0 Å². The zero-order valence-corrected chi connectivity index (χ0v) is 17.7. The molecule has 6 nitrogen and oxygen atoms in total. The number of carbonyl (C=O) groups excluding carboxylic acids is 1. The van der Waals surface area contributed by atoms with Crippen LogP contribution in [0.5, 0.6) is 0 Å². The second kappa shape index (κ2) is 7.40. The van der Waals surface area contributed by atoms with Crippen molar-refractivity contribution >= 4 is 39.4 Å². The van der Waals surface area contributed by atoms with E-state index in [0.29, 0.717) is 5.56 Å². The van der Waals surface area contributed by atoms with Crippen LogP contribution in [0.3, 0.4) is 0 Å². The third kappa shape index (κ3) is 3.82. The number of rotatable bonds is 5. The van der Waals surface area contributed by atoms with Crippen LogP contribution in [0.4, 0.5) is 13.2 Å². The van der Waals surface area contributed by atoms with Gasteiger partial charge < -0.3 is 14.7 Å². The molecule has 2 aromatic rings. The maximum atomic E-state index is 13.5. The van der Waals surface area contributed by atoms with Crippen molar-refractivity contribution in [2.45, 2.75) is 16.2 Å². The van der Waals surface area contributed by atoms with Gasteiger partial charge in [-0.05, 0) is 11.6 Å². The van der Waals surface area contributed by atoms with Crippen LogP contribution in [-0.4, -0.2) is 37.7 Å². The van der Waals surface area contributed by atoms with Crippen molar-refractivity contribution < 1.29 is 35.3 Å². The first-order chi connectivity index (χ1) is 14.2. The molecule has 0 fully saturated rings. The standard InChI is InChI=1S/C18H17B3F3NO5S/c19-16(11-8-4-5-9-12(11)18(22,23)24)14(26)13(15(25)29-16)30-31(27,28)17(20,21)10-6-2-1-3-7-10/h1-9H,19-21,25H2. The Morgan fingerprint density at radius 2 is 1.55 bits per heavy atom. The summed E-state index contributed by atoms with van der Waals surface area (Å²) in [4.78, 5) is 13.0. The minimum atomic E-state index is -4.77. The number of carbonyl (C=O) groups is 1. The highest BCUT2D eigenvalue weighted by Gasteiger charge is 2.53. The van der Waals surface area contributed by atoms with Crippen LogP contribution in [0.2, 0.25) is 0 Å². The molecule has 0 aromatic heterocycles. The van der Waals surface area contributed by atoms with Gasteiger partial charge in [0.2, 0.25) is 17.4 Å². The third-order valence-corrected chi connectivity index (χ3v) is 7.08. The van der Waals surface area contributed by atoms with Crippen molar-refractivity contribution in [1.29, 1.82) is 0 Å². The van der Waals surface area contributed by atoms with Crippen molar-refractivity contribution in [3.8, 4) is 0 Å². The minimum Gasteiger partial charge on any atom is -0.467 e. The number of halogens is 3. The van der Waals surface area contributed by atoms with E-state index in [1.807, 2.05) is 0 Å². The van der Waals surface area contributed by atoms with Crippen LogP contribution in [0.1, 0.15) is 16.7 Å². The van der Waals surface area contributed by atoms with Gasteiger partial charge in [-0.1, -0.05) is 48.5 Å². The number of hydrogen-bond acceptors (Lipinski definition) is 6. The number of alkyl halides is 3. The lowest BCUT2D eigenvalue weighted by Gasteiger charge is -2.27. The Bertz CT molecular complexity index is 1170. The summed E-state index contributed by atoms with van der Waals surface area (Å²) in [5.74, 6) is -2.70. The van der Waals surface area contributed by atoms with Gasteiger partial charge in [0.05, 0.1) is 10.1 Å². The third-order valence-electron chi connectivity index (χ3n) is 5.21. The molecule has 1 aliphatic heterocycles. The van der Waals surface area contributed by atoms with Crippen LogP contribution in [0, 0.1) is 0 Å². The fourth-order valence-corrected chi connectivity index (χ4v) is 4.25. The average Bonchev–Trinajstić information content (AvgIpc) is 2.91. The minimum absolute atomic E-state index is 0.380. The summed E-state index contributed by atoms with van der Waals surface area (Å²) in [6, 6.07) is 12.4. The van der Waals surface area contributed by atoms with Gasteiger partial charge in [0, 0.05) is 5.56 Å². The molecule has 1 unspecified atom stereocenters. The first-order valence-corrected chi connectivity index (χ1v) is 10.5. The predicted molar refractivity (Wildman–Crippen MR) is 114 cm³/mol. The summed E-state index contributed by atoms with van der Waals surface area (Å²) in [5, 5.41) is 0. The molecule has 0 radical (unpaired) electrons. The Morgan fingerprint density at radius 1 is 1.00 bits per heavy atom. The van der Waals surface area contributed by atoms with E-state index in [2.05, 4.69) is 0 Å².